The molecule has 1 atom stereocenters. The predicted octanol–water partition coefficient (Wildman–Crippen LogP) is 6.81. The van der Waals surface area contributed by atoms with Crippen molar-refractivity contribution in [3.05, 3.63) is 83.2 Å². The van der Waals surface area contributed by atoms with Crippen LogP contribution in [0.2, 0.25) is 0 Å². The quantitative estimate of drug-likeness (QED) is 0.391. The highest BCUT2D eigenvalue weighted by Crippen LogP contribution is 2.33. The van der Waals surface area contributed by atoms with E-state index < -0.39 is 11.7 Å². The van der Waals surface area contributed by atoms with Crippen LogP contribution in [0.15, 0.2) is 60.7 Å². The lowest BCUT2D eigenvalue weighted by atomic mass is 10.1. The average molecular weight is 473 g/mol. The van der Waals surface area contributed by atoms with Crippen molar-refractivity contribution in [1.29, 1.82) is 0 Å². The van der Waals surface area contributed by atoms with Crippen LogP contribution in [-0.4, -0.2) is 23.1 Å². The second-order valence-corrected chi connectivity index (χ2v) is 8.24. The molecule has 3 aromatic rings. The number of benzene rings is 2. The summed E-state index contributed by atoms with van der Waals surface area (Å²) in [5.74, 6) is 0.105. The van der Waals surface area contributed by atoms with E-state index >= 15 is 0 Å². The number of anilines is 1. The van der Waals surface area contributed by atoms with Crippen LogP contribution < -0.4 is 10.1 Å². The highest BCUT2D eigenvalue weighted by atomic mass is 19.4. The van der Waals surface area contributed by atoms with Crippen molar-refractivity contribution < 1.29 is 27.4 Å². The van der Waals surface area contributed by atoms with Gasteiger partial charge in [-0.3, -0.25) is 9.78 Å². The first-order valence-electron chi connectivity index (χ1n) is 10.9. The monoisotopic (exact) mass is 472 g/mol. The molecule has 0 fully saturated rings. The van der Waals surface area contributed by atoms with E-state index in [1.54, 1.807) is 37.3 Å². The molecule has 34 heavy (non-hydrogen) atoms. The number of pyridine rings is 1. The molecule has 0 aliphatic rings. The van der Waals surface area contributed by atoms with Gasteiger partial charge in [-0.1, -0.05) is 6.07 Å². The van der Waals surface area contributed by atoms with E-state index in [-0.39, 0.29) is 23.9 Å². The lowest BCUT2D eigenvalue weighted by molar-refractivity contribution is -0.137. The minimum atomic E-state index is -4.45. The van der Waals surface area contributed by atoms with Gasteiger partial charge in [-0.2, -0.15) is 13.2 Å². The Morgan fingerprint density at radius 2 is 1.71 bits per heavy atom. The number of halogens is 3. The number of nitrogens with zero attached hydrogens (tertiary/aromatic N) is 1. The lowest BCUT2D eigenvalue weighted by Gasteiger charge is -2.16. The largest absolute Gasteiger partial charge is 0.457 e. The highest BCUT2D eigenvalue weighted by Gasteiger charge is 2.30. The summed E-state index contributed by atoms with van der Waals surface area (Å²) in [4.78, 5) is 17.2. The van der Waals surface area contributed by atoms with E-state index in [0.717, 1.165) is 17.8 Å². The lowest BCUT2D eigenvalue weighted by Crippen LogP contribution is -2.18. The van der Waals surface area contributed by atoms with Crippen LogP contribution in [0.4, 0.5) is 18.9 Å². The van der Waals surface area contributed by atoms with Gasteiger partial charge in [0.25, 0.3) is 5.91 Å². The van der Waals surface area contributed by atoms with Crippen LogP contribution in [0.25, 0.3) is 0 Å². The van der Waals surface area contributed by atoms with Gasteiger partial charge in [0.05, 0.1) is 29.0 Å². The zero-order chi connectivity index (χ0) is 24.9. The molecule has 0 saturated heterocycles. The third kappa shape index (κ3) is 7.05. The number of nitrogens with one attached hydrogen (secondary N) is 1. The first kappa shape index (κ1) is 25.2. The van der Waals surface area contributed by atoms with Gasteiger partial charge in [0.15, 0.2) is 0 Å². The first-order chi connectivity index (χ1) is 16.0. The minimum Gasteiger partial charge on any atom is -0.457 e. The number of alkyl halides is 3. The fourth-order valence-corrected chi connectivity index (χ4v) is 3.45. The predicted molar refractivity (Wildman–Crippen MR) is 124 cm³/mol. The van der Waals surface area contributed by atoms with Crippen molar-refractivity contribution in [2.24, 2.45) is 0 Å². The molecular formula is C26H27F3N2O3. The Bertz CT molecular complexity index is 1130. The summed E-state index contributed by atoms with van der Waals surface area (Å²) in [5.41, 5.74) is 1.63. The van der Waals surface area contributed by atoms with E-state index in [0.29, 0.717) is 29.1 Å². The van der Waals surface area contributed by atoms with E-state index in [1.807, 2.05) is 26.8 Å². The van der Waals surface area contributed by atoms with Crippen LogP contribution in [0, 0.1) is 6.92 Å². The molecular weight excluding hydrogens is 445 g/mol. The van der Waals surface area contributed by atoms with Gasteiger partial charge < -0.3 is 14.8 Å². The zero-order valence-corrected chi connectivity index (χ0v) is 19.4. The summed E-state index contributed by atoms with van der Waals surface area (Å²) in [5, 5.41) is 2.80. The van der Waals surface area contributed by atoms with Gasteiger partial charge in [0.1, 0.15) is 11.5 Å². The fraction of sp³-hybridized carbons (Fsp3) is 0.308. The summed E-state index contributed by atoms with van der Waals surface area (Å²) in [7, 11) is 0. The smallest absolute Gasteiger partial charge is 0.416 e. The summed E-state index contributed by atoms with van der Waals surface area (Å²) >= 11 is 0. The standard InChI is InChI=1S/C26H27F3N2O3/c1-16(2)33-17(3)14-21-10-13-24(18(4)30-21)25(32)31-20-8-11-22(12-9-20)34-23-7-5-6-19(15-23)26(27,28)29/h5-13,15-17H,14H2,1-4H3,(H,31,32). The molecule has 0 aliphatic heterocycles. The summed E-state index contributed by atoms with van der Waals surface area (Å²) < 4.78 is 49.9. The molecule has 0 aliphatic carbocycles. The van der Waals surface area contributed by atoms with Crippen molar-refractivity contribution in [3.63, 3.8) is 0 Å². The number of amides is 1. The van der Waals surface area contributed by atoms with Crippen molar-refractivity contribution in [2.45, 2.75) is 52.5 Å². The second kappa shape index (κ2) is 10.7. The Balaban J connectivity index is 1.62. The Hall–Kier alpha value is -3.39. The van der Waals surface area contributed by atoms with Crippen LogP contribution in [0.1, 0.15) is 48.1 Å². The maximum absolute atomic E-state index is 12.9. The van der Waals surface area contributed by atoms with E-state index in [1.165, 1.54) is 12.1 Å². The van der Waals surface area contributed by atoms with Crippen molar-refractivity contribution in [2.75, 3.05) is 5.32 Å². The maximum Gasteiger partial charge on any atom is 0.416 e. The SMILES string of the molecule is Cc1nc(CC(C)OC(C)C)ccc1C(=O)Nc1ccc(Oc2cccc(C(F)(F)F)c2)cc1. The number of ether oxygens (including phenoxy) is 2. The van der Waals surface area contributed by atoms with Gasteiger partial charge in [0, 0.05) is 17.8 Å². The third-order valence-electron chi connectivity index (χ3n) is 4.90. The second-order valence-electron chi connectivity index (χ2n) is 8.24. The molecule has 0 radical (unpaired) electrons. The van der Waals surface area contributed by atoms with Gasteiger partial charge in [-0.25, -0.2) is 0 Å². The number of hydrogen-bond acceptors (Lipinski definition) is 4. The Kier molecular flexibility index (Phi) is 7.94. The number of carbonyl (C=O) groups excluding carboxylic acids is 1. The molecule has 5 nitrogen and oxygen atoms in total. The molecule has 1 amide bonds. The Morgan fingerprint density at radius 3 is 2.32 bits per heavy atom. The molecule has 1 N–H and O–H groups in total. The minimum absolute atomic E-state index is 0.0169. The Labute approximate surface area is 196 Å². The summed E-state index contributed by atoms with van der Waals surface area (Å²) in [6.45, 7) is 7.72. The van der Waals surface area contributed by atoms with Gasteiger partial charge in [-0.05, 0) is 82.3 Å². The molecule has 8 heteroatoms. The topological polar surface area (TPSA) is 60.5 Å². The third-order valence-corrected chi connectivity index (χ3v) is 4.90. The van der Waals surface area contributed by atoms with E-state index in [2.05, 4.69) is 10.3 Å². The number of aryl methyl sites for hydroxylation is 1. The number of aromatic nitrogens is 1. The van der Waals surface area contributed by atoms with Crippen LogP contribution >= 0.6 is 0 Å². The summed E-state index contributed by atoms with van der Waals surface area (Å²) in [6, 6.07) is 14.6. The molecule has 1 heterocycles. The number of carbonyl (C=O) groups is 1. The van der Waals surface area contributed by atoms with Crippen LogP contribution in [-0.2, 0) is 17.3 Å². The Morgan fingerprint density at radius 1 is 1.00 bits per heavy atom. The van der Waals surface area contributed by atoms with Crippen molar-refractivity contribution in [3.8, 4) is 11.5 Å². The van der Waals surface area contributed by atoms with E-state index in [9.17, 15) is 18.0 Å². The molecule has 0 bridgehead atoms. The average Bonchev–Trinajstić information content (AvgIpc) is 2.74. The fourth-order valence-electron chi connectivity index (χ4n) is 3.45. The normalized spacial score (nSPS) is 12.5. The first-order valence-corrected chi connectivity index (χ1v) is 10.9. The van der Waals surface area contributed by atoms with Crippen LogP contribution in [0.3, 0.4) is 0 Å². The molecule has 180 valence electrons. The molecule has 0 saturated carbocycles. The van der Waals surface area contributed by atoms with Gasteiger partial charge in [0.2, 0.25) is 0 Å². The number of rotatable bonds is 8. The molecule has 1 aromatic heterocycles. The molecule has 2 aromatic carbocycles. The number of hydrogen-bond donors (Lipinski definition) is 1. The maximum atomic E-state index is 12.9. The molecule has 0 spiro atoms. The zero-order valence-electron chi connectivity index (χ0n) is 19.4. The highest BCUT2D eigenvalue weighted by molar-refractivity contribution is 6.05. The van der Waals surface area contributed by atoms with E-state index in [4.69, 9.17) is 9.47 Å². The molecule has 1 unspecified atom stereocenters. The van der Waals surface area contributed by atoms with Gasteiger partial charge in [-0.15, -0.1) is 0 Å². The van der Waals surface area contributed by atoms with Gasteiger partial charge >= 0.3 is 6.18 Å². The van der Waals surface area contributed by atoms with Crippen molar-refractivity contribution >= 4 is 11.6 Å². The van der Waals surface area contributed by atoms with Crippen molar-refractivity contribution in [1.82, 2.24) is 4.98 Å². The van der Waals surface area contributed by atoms with Crippen LogP contribution in [0.5, 0.6) is 11.5 Å². The summed E-state index contributed by atoms with van der Waals surface area (Å²) in [6.07, 6.45) is -3.65. The molecule has 3 rings (SSSR count).